The molecule has 0 bridgehead atoms. The Labute approximate surface area is 84.3 Å². The third kappa shape index (κ3) is 1.80. The lowest BCUT2D eigenvalue weighted by atomic mass is 10.00. The first kappa shape index (κ1) is 9.66. The molecule has 0 amide bonds. The van der Waals surface area contributed by atoms with Gasteiger partial charge in [0.1, 0.15) is 5.82 Å². The Kier molecular flexibility index (Phi) is 2.55. The van der Waals surface area contributed by atoms with Gasteiger partial charge in [0.05, 0.1) is 0 Å². The Morgan fingerprint density at radius 1 is 1.36 bits per heavy atom. The Morgan fingerprint density at radius 3 is 2.71 bits per heavy atom. The molecule has 1 saturated heterocycles. The van der Waals surface area contributed by atoms with Gasteiger partial charge in [-0.3, -0.25) is 0 Å². The number of hydrogen-bond donors (Lipinski definition) is 1. The van der Waals surface area contributed by atoms with Crippen molar-refractivity contribution in [3.8, 4) is 0 Å². The molecule has 0 aromatic heterocycles. The third-order valence-electron chi connectivity index (χ3n) is 2.98. The van der Waals surface area contributed by atoms with Crippen molar-refractivity contribution < 1.29 is 4.39 Å². The van der Waals surface area contributed by atoms with Crippen molar-refractivity contribution in [3.05, 3.63) is 35.1 Å². The van der Waals surface area contributed by atoms with E-state index in [0.29, 0.717) is 12.1 Å². The lowest BCUT2D eigenvalue weighted by Gasteiger charge is -2.14. The van der Waals surface area contributed by atoms with E-state index >= 15 is 0 Å². The number of benzene rings is 1. The summed E-state index contributed by atoms with van der Waals surface area (Å²) in [5, 5.41) is 3.51. The van der Waals surface area contributed by atoms with Gasteiger partial charge in [-0.1, -0.05) is 6.07 Å². The van der Waals surface area contributed by atoms with Crippen LogP contribution in [0.15, 0.2) is 18.2 Å². The van der Waals surface area contributed by atoms with Gasteiger partial charge in [-0.15, -0.1) is 0 Å². The normalized spacial score (nSPS) is 26.8. The SMILES string of the molecule is Cc1cc(F)ccc1C1CCC(C)N1. The first-order valence-corrected chi connectivity index (χ1v) is 5.19. The molecule has 1 fully saturated rings. The molecule has 1 heterocycles. The zero-order valence-corrected chi connectivity index (χ0v) is 8.68. The smallest absolute Gasteiger partial charge is 0.123 e. The van der Waals surface area contributed by atoms with Crippen LogP contribution in [0.4, 0.5) is 4.39 Å². The molecule has 76 valence electrons. The topological polar surface area (TPSA) is 12.0 Å². The van der Waals surface area contributed by atoms with Crippen molar-refractivity contribution in [2.45, 2.75) is 38.8 Å². The highest BCUT2D eigenvalue weighted by Gasteiger charge is 2.22. The van der Waals surface area contributed by atoms with Crippen LogP contribution in [0.3, 0.4) is 0 Å². The average Bonchev–Trinajstić information content (AvgIpc) is 2.51. The van der Waals surface area contributed by atoms with Crippen LogP contribution in [0.5, 0.6) is 0 Å². The standard InChI is InChI=1S/C12H16FN/c1-8-7-10(13)4-5-11(8)12-6-3-9(2)14-12/h4-5,7,9,12,14H,3,6H2,1-2H3. The van der Waals surface area contributed by atoms with Gasteiger partial charge in [0.25, 0.3) is 0 Å². The molecular weight excluding hydrogens is 177 g/mol. The summed E-state index contributed by atoms with van der Waals surface area (Å²) >= 11 is 0. The minimum absolute atomic E-state index is 0.141. The van der Waals surface area contributed by atoms with Gasteiger partial charge in [0, 0.05) is 12.1 Å². The predicted octanol–water partition coefficient (Wildman–Crippen LogP) is 2.95. The largest absolute Gasteiger partial charge is 0.307 e. The van der Waals surface area contributed by atoms with Crippen LogP contribution < -0.4 is 5.32 Å². The van der Waals surface area contributed by atoms with E-state index in [0.717, 1.165) is 12.0 Å². The van der Waals surface area contributed by atoms with Gasteiger partial charge < -0.3 is 5.32 Å². The molecule has 1 aromatic rings. The van der Waals surface area contributed by atoms with Crippen LogP contribution in [0.1, 0.15) is 36.9 Å². The Hall–Kier alpha value is -0.890. The number of rotatable bonds is 1. The molecule has 2 rings (SSSR count). The first-order chi connectivity index (χ1) is 6.66. The molecule has 0 spiro atoms. The molecular formula is C12H16FN. The van der Waals surface area contributed by atoms with E-state index in [9.17, 15) is 4.39 Å². The Bertz CT molecular complexity index is 335. The zero-order chi connectivity index (χ0) is 10.1. The monoisotopic (exact) mass is 193 g/mol. The van der Waals surface area contributed by atoms with Crippen LogP contribution >= 0.6 is 0 Å². The minimum Gasteiger partial charge on any atom is -0.307 e. The highest BCUT2D eigenvalue weighted by atomic mass is 19.1. The van der Waals surface area contributed by atoms with E-state index in [4.69, 9.17) is 0 Å². The molecule has 1 N–H and O–H groups in total. The van der Waals surface area contributed by atoms with Gasteiger partial charge in [-0.25, -0.2) is 4.39 Å². The summed E-state index contributed by atoms with van der Waals surface area (Å²) in [4.78, 5) is 0. The van der Waals surface area contributed by atoms with Crippen LogP contribution in [0.2, 0.25) is 0 Å². The van der Waals surface area contributed by atoms with E-state index < -0.39 is 0 Å². The van der Waals surface area contributed by atoms with Crippen LogP contribution in [-0.4, -0.2) is 6.04 Å². The second-order valence-electron chi connectivity index (χ2n) is 4.20. The fraction of sp³-hybridized carbons (Fsp3) is 0.500. The maximum Gasteiger partial charge on any atom is 0.123 e. The summed E-state index contributed by atoms with van der Waals surface area (Å²) in [5.74, 6) is -0.141. The highest BCUT2D eigenvalue weighted by molar-refractivity contribution is 5.30. The van der Waals surface area contributed by atoms with E-state index in [1.807, 2.05) is 13.0 Å². The zero-order valence-electron chi connectivity index (χ0n) is 8.68. The highest BCUT2D eigenvalue weighted by Crippen LogP contribution is 2.28. The second-order valence-corrected chi connectivity index (χ2v) is 4.20. The average molecular weight is 193 g/mol. The van der Waals surface area contributed by atoms with Crippen LogP contribution in [0.25, 0.3) is 0 Å². The molecule has 1 nitrogen and oxygen atoms in total. The van der Waals surface area contributed by atoms with Crippen molar-refractivity contribution in [2.75, 3.05) is 0 Å². The second kappa shape index (κ2) is 3.70. The molecule has 1 aliphatic heterocycles. The maximum atomic E-state index is 12.9. The van der Waals surface area contributed by atoms with E-state index in [1.165, 1.54) is 12.0 Å². The van der Waals surface area contributed by atoms with Crippen molar-refractivity contribution in [3.63, 3.8) is 0 Å². The van der Waals surface area contributed by atoms with Gasteiger partial charge >= 0.3 is 0 Å². The minimum atomic E-state index is -0.141. The van der Waals surface area contributed by atoms with Crippen molar-refractivity contribution in [2.24, 2.45) is 0 Å². The number of halogens is 1. The van der Waals surface area contributed by atoms with Gasteiger partial charge in [0.2, 0.25) is 0 Å². The van der Waals surface area contributed by atoms with Crippen molar-refractivity contribution in [1.82, 2.24) is 5.32 Å². The molecule has 2 unspecified atom stereocenters. The van der Waals surface area contributed by atoms with E-state index in [1.54, 1.807) is 12.1 Å². The van der Waals surface area contributed by atoms with Gasteiger partial charge in [-0.05, 0) is 49.9 Å². The summed E-state index contributed by atoms with van der Waals surface area (Å²) in [5.41, 5.74) is 2.30. The third-order valence-corrected chi connectivity index (χ3v) is 2.98. The maximum absolute atomic E-state index is 12.9. The summed E-state index contributed by atoms with van der Waals surface area (Å²) in [7, 11) is 0. The molecule has 0 radical (unpaired) electrons. The predicted molar refractivity (Wildman–Crippen MR) is 55.7 cm³/mol. The fourth-order valence-electron chi connectivity index (χ4n) is 2.20. The van der Waals surface area contributed by atoms with Gasteiger partial charge in [-0.2, -0.15) is 0 Å². The van der Waals surface area contributed by atoms with E-state index in [-0.39, 0.29) is 5.82 Å². The first-order valence-electron chi connectivity index (χ1n) is 5.19. The molecule has 1 aromatic carbocycles. The van der Waals surface area contributed by atoms with Gasteiger partial charge in [0.15, 0.2) is 0 Å². The molecule has 0 saturated carbocycles. The lowest BCUT2D eigenvalue weighted by Crippen LogP contribution is -2.21. The number of nitrogens with one attached hydrogen (secondary N) is 1. The Balaban J connectivity index is 2.24. The summed E-state index contributed by atoms with van der Waals surface area (Å²) < 4.78 is 12.9. The van der Waals surface area contributed by atoms with Crippen LogP contribution in [-0.2, 0) is 0 Å². The molecule has 2 heteroatoms. The quantitative estimate of drug-likeness (QED) is 0.723. The van der Waals surface area contributed by atoms with E-state index in [2.05, 4.69) is 12.2 Å². The molecule has 0 aliphatic carbocycles. The summed E-state index contributed by atoms with van der Waals surface area (Å²) in [6, 6.07) is 6.07. The Morgan fingerprint density at radius 2 is 2.14 bits per heavy atom. The lowest BCUT2D eigenvalue weighted by molar-refractivity contribution is 0.578. The van der Waals surface area contributed by atoms with Crippen LogP contribution in [0, 0.1) is 12.7 Å². The molecule has 1 aliphatic rings. The number of aryl methyl sites for hydroxylation is 1. The molecule has 2 atom stereocenters. The van der Waals surface area contributed by atoms with Crippen molar-refractivity contribution >= 4 is 0 Å². The summed E-state index contributed by atoms with van der Waals surface area (Å²) in [6.45, 7) is 4.17. The summed E-state index contributed by atoms with van der Waals surface area (Å²) in [6.07, 6.45) is 2.37. The van der Waals surface area contributed by atoms with Crippen molar-refractivity contribution in [1.29, 1.82) is 0 Å². The fourth-order valence-corrected chi connectivity index (χ4v) is 2.20. The molecule has 14 heavy (non-hydrogen) atoms. The number of hydrogen-bond acceptors (Lipinski definition) is 1.